The maximum atomic E-state index is 10.3. The van der Waals surface area contributed by atoms with E-state index in [1.807, 2.05) is 0 Å². The predicted octanol–water partition coefficient (Wildman–Crippen LogP) is 0.333. The molecule has 0 saturated heterocycles. The van der Waals surface area contributed by atoms with E-state index in [1.165, 1.54) is 17.7 Å². The van der Waals surface area contributed by atoms with Crippen LogP contribution in [0.5, 0.6) is 0 Å². The van der Waals surface area contributed by atoms with Gasteiger partial charge in [-0.25, -0.2) is 4.37 Å². The van der Waals surface area contributed by atoms with E-state index >= 15 is 0 Å². The highest BCUT2D eigenvalue weighted by Crippen LogP contribution is 1.98. The molecule has 0 unspecified atom stereocenters. The summed E-state index contributed by atoms with van der Waals surface area (Å²) >= 11 is 1.22. The molecule has 0 aromatic carbocycles. The summed E-state index contributed by atoms with van der Waals surface area (Å²) in [5, 5.41) is 9.03. The van der Waals surface area contributed by atoms with Crippen LogP contribution >= 0.6 is 11.5 Å². The van der Waals surface area contributed by atoms with Crippen LogP contribution in [-0.2, 0) is 4.79 Å². The maximum absolute atomic E-state index is 10.3. The van der Waals surface area contributed by atoms with Gasteiger partial charge in [0, 0.05) is 12.3 Å². The summed E-state index contributed by atoms with van der Waals surface area (Å²) in [4.78, 5) is 19.3. The van der Waals surface area contributed by atoms with Crippen molar-refractivity contribution < 1.29 is 14.7 Å². The molecule has 0 saturated carbocycles. The number of hydrogen-bond donors (Lipinski definition) is 2. The highest BCUT2D eigenvalue weighted by atomic mass is 32.1. The molecule has 0 bridgehead atoms. The van der Waals surface area contributed by atoms with E-state index in [-0.39, 0.29) is 0 Å². The molecule has 0 fully saturated rings. The van der Waals surface area contributed by atoms with Crippen LogP contribution in [0.3, 0.4) is 0 Å². The quantitative estimate of drug-likeness (QED) is 0.664. The van der Waals surface area contributed by atoms with Gasteiger partial charge in [0.25, 0.3) is 11.9 Å². The number of carboxylic acids is 1. The second kappa shape index (κ2) is 5.25. The minimum Gasteiger partial charge on any atom is -0.481 e. The van der Waals surface area contributed by atoms with E-state index in [4.69, 9.17) is 15.6 Å². The second-order valence-electron chi connectivity index (χ2n) is 1.80. The molecule has 6 heteroatoms. The Morgan fingerprint density at radius 2 is 2.17 bits per heavy atom. The van der Waals surface area contributed by atoms with E-state index in [0.29, 0.717) is 5.56 Å². The summed E-state index contributed by atoms with van der Waals surface area (Å²) in [5.74, 6) is -1.25. The third-order valence-corrected chi connectivity index (χ3v) is 1.30. The van der Waals surface area contributed by atoms with Crippen LogP contribution in [0, 0.1) is 0 Å². The minimum absolute atomic E-state index is 0.418. The van der Waals surface area contributed by atoms with Crippen LogP contribution in [0.25, 0.3) is 0 Å². The number of carbonyl (C=O) groups excluding carboxylic acids is 1. The molecule has 1 heterocycles. The number of amides is 1. The van der Waals surface area contributed by atoms with Crippen LogP contribution in [0.1, 0.15) is 17.3 Å². The summed E-state index contributed by atoms with van der Waals surface area (Å²) in [5.41, 5.74) is 5.37. The van der Waals surface area contributed by atoms with Gasteiger partial charge in [-0.3, -0.25) is 9.59 Å². The third-order valence-electron chi connectivity index (χ3n) is 0.717. The number of aromatic nitrogens is 1. The number of rotatable bonds is 1. The minimum atomic E-state index is -0.833. The van der Waals surface area contributed by atoms with Gasteiger partial charge in [-0.1, -0.05) is 0 Å². The lowest BCUT2D eigenvalue weighted by Gasteiger charge is -1.78. The molecule has 1 aromatic rings. The second-order valence-corrected chi connectivity index (χ2v) is 2.45. The summed E-state index contributed by atoms with van der Waals surface area (Å²) < 4.78 is 3.68. The van der Waals surface area contributed by atoms with Crippen LogP contribution < -0.4 is 5.73 Å². The SMILES string of the molecule is CC(=O)O.NC(=O)c1cnsc1. The molecule has 5 nitrogen and oxygen atoms in total. The van der Waals surface area contributed by atoms with Crippen LogP contribution in [-0.4, -0.2) is 21.4 Å². The van der Waals surface area contributed by atoms with E-state index in [1.54, 1.807) is 5.38 Å². The van der Waals surface area contributed by atoms with Crippen LogP contribution in [0.2, 0.25) is 0 Å². The van der Waals surface area contributed by atoms with Crippen molar-refractivity contribution in [1.82, 2.24) is 4.37 Å². The Morgan fingerprint density at radius 3 is 2.33 bits per heavy atom. The van der Waals surface area contributed by atoms with Gasteiger partial charge in [-0.2, -0.15) is 0 Å². The Labute approximate surface area is 73.0 Å². The van der Waals surface area contributed by atoms with Crippen LogP contribution in [0.15, 0.2) is 11.6 Å². The van der Waals surface area contributed by atoms with Gasteiger partial charge < -0.3 is 10.8 Å². The van der Waals surface area contributed by atoms with Crippen molar-refractivity contribution in [2.24, 2.45) is 5.73 Å². The molecular weight excluding hydrogens is 180 g/mol. The molecule has 66 valence electrons. The first-order valence-corrected chi connectivity index (χ1v) is 3.76. The van der Waals surface area contributed by atoms with Crippen molar-refractivity contribution in [2.45, 2.75) is 6.92 Å². The molecule has 0 atom stereocenters. The largest absolute Gasteiger partial charge is 0.481 e. The van der Waals surface area contributed by atoms with Crippen molar-refractivity contribution in [3.8, 4) is 0 Å². The van der Waals surface area contributed by atoms with E-state index in [2.05, 4.69) is 4.37 Å². The average molecular weight is 188 g/mol. The van der Waals surface area contributed by atoms with Crippen molar-refractivity contribution in [2.75, 3.05) is 0 Å². The zero-order chi connectivity index (χ0) is 9.56. The number of aliphatic carboxylic acids is 1. The van der Waals surface area contributed by atoms with Gasteiger partial charge in [0.05, 0.1) is 11.8 Å². The molecule has 3 N–H and O–H groups in total. The zero-order valence-electron chi connectivity index (χ0n) is 6.35. The van der Waals surface area contributed by atoms with Gasteiger partial charge >= 0.3 is 0 Å². The van der Waals surface area contributed by atoms with Gasteiger partial charge in [0.15, 0.2) is 0 Å². The molecule has 0 aliphatic heterocycles. The molecule has 1 amide bonds. The number of hydrogen-bond acceptors (Lipinski definition) is 4. The fourth-order valence-electron chi connectivity index (χ4n) is 0.327. The Hall–Kier alpha value is -1.43. The molecule has 0 radical (unpaired) electrons. The summed E-state index contributed by atoms with van der Waals surface area (Å²) in [6, 6.07) is 0. The first kappa shape index (κ1) is 10.6. The number of carbonyl (C=O) groups is 2. The number of carboxylic acid groups (broad SMARTS) is 1. The van der Waals surface area contributed by atoms with Crippen LogP contribution in [0.4, 0.5) is 0 Å². The van der Waals surface area contributed by atoms with E-state index in [9.17, 15) is 4.79 Å². The zero-order valence-corrected chi connectivity index (χ0v) is 7.17. The van der Waals surface area contributed by atoms with Gasteiger partial charge in [-0.05, 0) is 11.5 Å². The molecule has 0 aliphatic carbocycles. The average Bonchev–Trinajstić information content (AvgIpc) is 2.34. The fourth-order valence-corrected chi connectivity index (χ4v) is 0.852. The lowest BCUT2D eigenvalue weighted by atomic mass is 10.4. The molecule has 0 spiro atoms. The fraction of sp³-hybridized carbons (Fsp3) is 0.167. The summed E-state index contributed by atoms with van der Waals surface area (Å²) in [7, 11) is 0. The summed E-state index contributed by atoms with van der Waals surface area (Å²) in [6.07, 6.45) is 1.45. The predicted molar refractivity (Wildman–Crippen MR) is 43.9 cm³/mol. The van der Waals surface area contributed by atoms with E-state index in [0.717, 1.165) is 6.92 Å². The van der Waals surface area contributed by atoms with Crippen molar-refractivity contribution in [3.63, 3.8) is 0 Å². The lowest BCUT2D eigenvalue weighted by molar-refractivity contribution is -0.134. The van der Waals surface area contributed by atoms with Crippen molar-refractivity contribution in [3.05, 3.63) is 17.1 Å². The number of nitrogens with zero attached hydrogens (tertiary/aromatic N) is 1. The molecular formula is C6H8N2O3S. The van der Waals surface area contributed by atoms with Crippen molar-refractivity contribution in [1.29, 1.82) is 0 Å². The Morgan fingerprint density at radius 1 is 1.67 bits per heavy atom. The molecule has 1 rings (SSSR count). The maximum Gasteiger partial charge on any atom is 0.300 e. The van der Waals surface area contributed by atoms with Gasteiger partial charge in [0.2, 0.25) is 0 Å². The first-order valence-electron chi connectivity index (χ1n) is 2.92. The topological polar surface area (TPSA) is 93.3 Å². The first-order chi connectivity index (χ1) is 5.54. The molecule has 12 heavy (non-hydrogen) atoms. The number of primary amides is 1. The van der Waals surface area contributed by atoms with Gasteiger partial charge in [-0.15, -0.1) is 0 Å². The van der Waals surface area contributed by atoms with E-state index < -0.39 is 11.9 Å². The number of nitrogens with two attached hydrogens (primary N) is 1. The lowest BCUT2D eigenvalue weighted by Crippen LogP contribution is -2.08. The van der Waals surface area contributed by atoms with Crippen molar-refractivity contribution >= 4 is 23.4 Å². The highest BCUT2D eigenvalue weighted by molar-refractivity contribution is 7.03. The molecule has 1 aromatic heterocycles. The normalized spacial score (nSPS) is 8.08. The standard InChI is InChI=1S/C4H4N2OS.C2H4O2/c5-4(7)3-1-6-8-2-3;1-2(3)4/h1-2H,(H2,5,7);1H3,(H,3,4). The van der Waals surface area contributed by atoms with Gasteiger partial charge in [0.1, 0.15) is 0 Å². The molecule has 0 aliphatic rings. The Kier molecular flexibility index (Phi) is 4.62. The highest BCUT2D eigenvalue weighted by Gasteiger charge is 1.97. The Balaban J connectivity index is 0.000000261. The smallest absolute Gasteiger partial charge is 0.300 e. The Bertz CT molecular complexity index is 254. The monoisotopic (exact) mass is 188 g/mol. The summed E-state index contributed by atoms with van der Waals surface area (Å²) in [6.45, 7) is 1.08. The third kappa shape index (κ3) is 5.36.